The average molecular weight is 293 g/mol. The van der Waals surface area contributed by atoms with E-state index in [9.17, 15) is 9.59 Å². The number of amides is 2. The highest BCUT2D eigenvalue weighted by atomic mass is 79.9. The van der Waals surface area contributed by atoms with Gasteiger partial charge in [-0.05, 0) is 11.8 Å². The van der Waals surface area contributed by atoms with E-state index in [0.717, 1.165) is 0 Å². The maximum atomic E-state index is 12.0. The topological polar surface area (TPSA) is 63.4 Å². The van der Waals surface area contributed by atoms with Crippen LogP contribution in [0.3, 0.4) is 0 Å². The monoisotopic (exact) mass is 292 g/mol. The molecule has 5 heteroatoms. The Bertz CT molecular complexity index is 254. The first-order valence-electron chi connectivity index (χ1n) is 5.46. The number of primary amides is 1. The van der Waals surface area contributed by atoms with Gasteiger partial charge in [-0.1, -0.05) is 43.6 Å². The molecule has 0 radical (unpaired) electrons. The van der Waals surface area contributed by atoms with Crippen molar-refractivity contribution in [2.45, 2.75) is 32.5 Å². The fourth-order valence-electron chi connectivity index (χ4n) is 1.32. The van der Waals surface area contributed by atoms with Crippen molar-refractivity contribution in [2.24, 2.45) is 17.6 Å². The second kappa shape index (κ2) is 6.89. The average Bonchev–Trinajstić information content (AvgIpc) is 2.12. The molecule has 0 spiro atoms. The van der Waals surface area contributed by atoms with Crippen LogP contribution in [0.15, 0.2) is 0 Å². The smallest absolute Gasteiger partial charge is 0.237 e. The van der Waals surface area contributed by atoms with Gasteiger partial charge in [-0.3, -0.25) is 9.59 Å². The van der Waals surface area contributed by atoms with E-state index < -0.39 is 5.91 Å². The van der Waals surface area contributed by atoms with Crippen molar-refractivity contribution in [3.63, 3.8) is 0 Å². The van der Waals surface area contributed by atoms with Crippen LogP contribution in [0.5, 0.6) is 0 Å². The highest BCUT2D eigenvalue weighted by molar-refractivity contribution is 9.10. The Labute approximate surface area is 106 Å². The van der Waals surface area contributed by atoms with Crippen molar-refractivity contribution in [2.75, 3.05) is 13.1 Å². The van der Waals surface area contributed by atoms with Gasteiger partial charge in [0.05, 0.1) is 11.4 Å². The first-order chi connectivity index (χ1) is 7.25. The summed E-state index contributed by atoms with van der Waals surface area (Å²) in [5.74, 6) is -0.0369. The number of rotatable bonds is 6. The number of nitrogens with two attached hydrogens (primary N) is 1. The number of carbonyl (C=O) groups excluding carboxylic acids is 2. The lowest BCUT2D eigenvalue weighted by molar-refractivity contribution is -0.135. The van der Waals surface area contributed by atoms with Crippen LogP contribution in [-0.2, 0) is 9.59 Å². The maximum absolute atomic E-state index is 12.0. The maximum Gasteiger partial charge on any atom is 0.237 e. The molecule has 0 aromatic heterocycles. The summed E-state index contributed by atoms with van der Waals surface area (Å²) in [7, 11) is 0. The van der Waals surface area contributed by atoms with Crippen molar-refractivity contribution in [3.05, 3.63) is 0 Å². The van der Waals surface area contributed by atoms with Crippen LogP contribution in [0.4, 0.5) is 0 Å². The molecule has 2 N–H and O–H groups in total. The zero-order valence-corrected chi connectivity index (χ0v) is 12.0. The predicted octanol–water partition coefficient (Wildman–Crippen LogP) is 1.38. The second-order valence-electron chi connectivity index (χ2n) is 4.72. The number of nitrogens with zero attached hydrogens (tertiary/aromatic N) is 1. The minimum Gasteiger partial charge on any atom is -0.368 e. The third kappa shape index (κ3) is 5.49. The van der Waals surface area contributed by atoms with E-state index in [1.807, 2.05) is 27.7 Å². The molecule has 0 heterocycles. The molecule has 1 atom stereocenters. The van der Waals surface area contributed by atoms with E-state index in [1.165, 1.54) is 4.90 Å². The van der Waals surface area contributed by atoms with Gasteiger partial charge in [-0.25, -0.2) is 0 Å². The van der Waals surface area contributed by atoms with Crippen molar-refractivity contribution in [1.82, 2.24) is 4.90 Å². The number of hydrogen-bond acceptors (Lipinski definition) is 2. The Morgan fingerprint density at radius 2 is 1.75 bits per heavy atom. The number of halogens is 1. The van der Waals surface area contributed by atoms with E-state index in [0.29, 0.717) is 12.5 Å². The second-order valence-corrected chi connectivity index (χ2v) is 5.71. The van der Waals surface area contributed by atoms with Crippen molar-refractivity contribution < 1.29 is 9.59 Å². The van der Waals surface area contributed by atoms with Crippen molar-refractivity contribution in [3.8, 4) is 0 Å². The first kappa shape index (κ1) is 15.4. The summed E-state index contributed by atoms with van der Waals surface area (Å²) in [6.45, 7) is 8.45. The van der Waals surface area contributed by atoms with Crippen molar-refractivity contribution >= 4 is 27.7 Å². The van der Waals surface area contributed by atoms with Crippen LogP contribution in [0.1, 0.15) is 27.7 Å². The largest absolute Gasteiger partial charge is 0.368 e. The highest BCUT2D eigenvalue weighted by Crippen LogP contribution is 2.15. The van der Waals surface area contributed by atoms with E-state index in [2.05, 4.69) is 15.9 Å². The zero-order chi connectivity index (χ0) is 12.9. The van der Waals surface area contributed by atoms with Gasteiger partial charge < -0.3 is 10.6 Å². The summed E-state index contributed by atoms with van der Waals surface area (Å²) < 4.78 is 0. The molecule has 0 aromatic rings. The van der Waals surface area contributed by atoms with Gasteiger partial charge >= 0.3 is 0 Å². The van der Waals surface area contributed by atoms with Crippen LogP contribution in [0.25, 0.3) is 0 Å². The normalized spacial score (nSPS) is 12.9. The summed E-state index contributed by atoms with van der Waals surface area (Å²) in [6.07, 6.45) is 0. The Morgan fingerprint density at radius 1 is 1.25 bits per heavy atom. The molecule has 0 fully saturated rings. The van der Waals surface area contributed by atoms with E-state index in [4.69, 9.17) is 5.73 Å². The number of carbonyl (C=O) groups is 2. The molecule has 0 saturated heterocycles. The Kier molecular flexibility index (Phi) is 6.64. The molecule has 0 bridgehead atoms. The van der Waals surface area contributed by atoms with E-state index in [-0.39, 0.29) is 23.2 Å². The predicted molar refractivity (Wildman–Crippen MR) is 68.2 cm³/mol. The molecular weight excluding hydrogens is 272 g/mol. The van der Waals surface area contributed by atoms with Crippen LogP contribution < -0.4 is 5.73 Å². The summed E-state index contributed by atoms with van der Waals surface area (Å²) in [5.41, 5.74) is 5.13. The minimum atomic E-state index is -0.475. The standard InChI is InChI=1S/C11H21BrN2O2/c1-7(2)5-14(6-9(13)15)11(16)10(12)8(3)4/h7-8,10H,5-6H2,1-4H3,(H2,13,15). The zero-order valence-electron chi connectivity index (χ0n) is 10.4. The molecule has 16 heavy (non-hydrogen) atoms. The molecule has 94 valence electrons. The van der Waals surface area contributed by atoms with Gasteiger partial charge in [0.1, 0.15) is 0 Å². The minimum absolute atomic E-state index is 0.00810. The summed E-state index contributed by atoms with van der Waals surface area (Å²) >= 11 is 3.34. The molecule has 0 saturated carbocycles. The molecule has 0 rings (SSSR count). The fourth-order valence-corrected chi connectivity index (χ4v) is 1.61. The summed E-state index contributed by atoms with van der Waals surface area (Å²) in [6, 6.07) is 0. The third-order valence-corrected chi connectivity index (χ3v) is 3.51. The third-order valence-electron chi connectivity index (χ3n) is 2.07. The SMILES string of the molecule is CC(C)CN(CC(N)=O)C(=O)C(Br)C(C)C. The Balaban J connectivity index is 4.61. The molecule has 0 aliphatic heterocycles. The van der Waals surface area contributed by atoms with Crippen LogP contribution in [0, 0.1) is 11.8 Å². The lowest BCUT2D eigenvalue weighted by atomic mass is 10.1. The Hall–Kier alpha value is -0.580. The Morgan fingerprint density at radius 3 is 2.06 bits per heavy atom. The highest BCUT2D eigenvalue weighted by Gasteiger charge is 2.25. The quantitative estimate of drug-likeness (QED) is 0.752. The molecular formula is C11H21BrN2O2. The van der Waals surface area contributed by atoms with Crippen LogP contribution in [-0.4, -0.2) is 34.6 Å². The van der Waals surface area contributed by atoms with Gasteiger partial charge in [0.15, 0.2) is 0 Å². The molecule has 0 aliphatic rings. The summed E-state index contributed by atoms with van der Waals surface area (Å²) in [5, 5.41) is 0. The van der Waals surface area contributed by atoms with Crippen molar-refractivity contribution in [1.29, 1.82) is 0 Å². The van der Waals surface area contributed by atoms with Crippen LogP contribution >= 0.6 is 15.9 Å². The lowest BCUT2D eigenvalue weighted by Crippen LogP contribution is -2.45. The lowest BCUT2D eigenvalue weighted by Gasteiger charge is -2.26. The molecule has 4 nitrogen and oxygen atoms in total. The molecule has 0 aromatic carbocycles. The number of hydrogen-bond donors (Lipinski definition) is 1. The molecule has 2 amide bonds. The van der Waals surface area contributed by atoms with E-state index >= 15 is 0 Å². The molecule has 1 unspecified atom stereocenters. The fraction of sp³-hybridized carbons (Fsp3) is 0.818. The summed E-state index contributed by atoms with van der Waals surface area (Å²) in [4.78, 5) is 24.2. The van der Waals surface area contributed by atoms with Gasteiger partial charge in [-0.2, -0.15) is 0 Å². The van der Waals surface area contributed by atoms with Gasteiger partial charge in [0.2, 0.25) is 11.8 Å². The van der Waals surface area contributed by atoms with Gasteiger partial charge in [-0.15, -0.1) is 0 Å². The first-order valence-corrected chi connectivity index (χ1v) is 6.38. The van der Waals surface area contributed by atoms with Gasteiger partial charge in [0, 0.05) is 6.54 Å². The van der Waals surface area contributed by atoms with Crippen LogP contribution in [0.2, 0.25) is 0 Å². The van der Waals surface area contributed by atoms with Gasteiger partial charge in [0.25, 0.3) is 0 Å². The number of alkyl halides is 1. The molecule has 0 aliphatic carbocycles. The van der Waals surface area contributed by atoms with E-state index in [1.54, 1.807) is 0 Å².